The van der Waals surface area contributed by atoms with E-state index >= 15 is 0 Å². The number of nitrogens with zero attached hydrogens (tertiary/aromatic N) is 1. The van der Waals surface area contributed by atoms with Gasteiger partial charge in [0.2, 0.25) is 5.91 Å². The van der Waals surface area contributed by atoms with Gasteiger partial charge in [-0.2, -0.15) is 0 Å². The average molecular weight is 422 g/mol. The topological polar surface area (TPSA) is 41.6 Å². The van der Waals surface area contributed by atoms with Crippen LogP contribution in [0.5, 0.6) is 5.75 Å². The molecular formula is C15H22Br2N2O2. The van der Waals surface area contributed by atoms with Crippen molar-refractivity contribution >= 4 is 37.8 Å². The highest BCUT2D eigenvalue weighted by Gasteiger charge is 2.08. The number of hydrogen-bond donors (Lipinski definition) is 1. The minimum atomic E-state index is 0.0311. The number of nitrogens with one attached hydrogen (secondary N) is 1. The van der Waals surface area contributed by atoms with Crippen molar-refractivity contribution in [1.82, 2.24) is 10.2 Å². The van der Waals surface area contributed by atoms with Gasteiger partial charge in [-0.3, -0.25) is 4.79 Å². The number of methoxy groups -OCH3 is 1. The monoisotopic (exact) mass is 420 g/mol. The SMILES string of the molecule is COc1cc(CCN(C)CCCNC(C)=O)c(Br)cc1Br. The van der Waals surface area contributed by atoms with Crippen molar-refractivity contribution < 1.29 is 9.53 Å². The van der Waals surface area contributed by atoms with Crippen molar-refractivity contribution in [2.75, 3.05) is 33.8 Å². The van der Waals surface area contributed by atoms with Crippen molar-refractivity contribution in [3.63, 3.8) is 0 Å². The standard InChI is InChI=1S/C15H22Br2N2O2/c1-11(20)18-6-4-7-19(2)8-5-12-9-15(21-3)14(17)10-13(12)16/h9-10H,4-8H2,1-3H3,(H,18,20). The van der Waals surface area contributed by atoms with Crippen molar-refractivity contribution in [2.24, 2.45) is 0 Å². The van der Waals surface area contributed by atoms with E-state index in [9.17, 15) is 4.79 Å². The molecule has 0 aliphatic heterocycles. The van der Waals surface area contributed by atoms with E-state index in [1.54, 1.807) is 14.0 Å². The van der Waals surface area contributed by atoms with Gasteiger partial charge in [-0.05, 0) is 60.1 Å². The highest BCUT2D eigenvalue weighted by Crippen LogP contribution is 2.31. The summed E-state index contributed by atoms with van der Waals surface area (Å²) in [6.45, 7) is 4.20. The van der Waals surface area contributed by atoms with Crippen LogP contribution in [0.25, 0.3) is 0 Å². The van der Waals surface area contributed by atoms with E-state index in [4.69, 9.17) is 4.74 Å². The molecule has 118 valence electrons. The van der Waals surface area contributed by atoms with Crippen LogP contribution in [0.2, 0.25) is 0 Å². The largest absolute Gasteiger partial charge is 0.496 e. The molecule has 0 aromatic heterocycles. The van der Waals surface area contributed by atoms with Gasteiger partial charge in [0.25, 0.3) is 0 Å². The summed E-state index contributed by atoms with van der Waals surface area (Å²) < 4.78 is 7.36. The summed E-state index contributed by atoms with van der Waals surface area (Å²) in [4.78, 5) is 13.0. The zero-order valence-electron chi connectivity index (χ0n) is 12.7. The average Bonchev–Trinajstić information content (AvgIpc) is 2.42. The molecule has 1 aromatic carbocycles. The lowest BCUT2D eigenvalue weighted by molar-refractivity contribution is -0.118. The summed E-state index contributed by atoms with van der Waals surface area (Å²) in [6.07, 6.45) is 1.90. The minimum Gasteiger partial charge on any atom is -0.496 e. The predicted molar refractivity (Wildman–Crippen MR) is 92.9 cm³/mol. The van der Waals surface area contributed by atoms with E-state index in [1.807, 2.05) is 6.07 Å². The van der Waals surface area contributed by atoms with Crippen molar-refractivity contribution in [3.05, 3.63) is 26.6 Å². The van der Waals surface area contributed by atoms with Crippen LogP contribution in [0, 0.1) is 0 Å². The van der Waals surface area contributed by atoms with Crippen molar-refractivity contribution in [1.29, 1.82) is 0 Å². The van der Waals surface area contributed by atoms with Gasteiger partial charge < -0.3 is 15.0 Å². The first kappa shape index (κ1) is 18.5. The maximum absolute atomic E-state index is 10.8. The Morgan fingerprint density at radius 2 is 2.00 bits per heavy atom. The normalized spacial score (nSPS) is 10.8. The van der Waals surface area contributed by atoms with Gasteiger partial charge in [0.1, 0.15) is 5.75 Å². The number of amides is 1. The summed E-state index contributed by atoms with van der Waals surface area (Å²) in [5, 5.41) is 2.81. The first-order chi connectivity index (χ1) is 9.93. The van der Waals surface area contributed by atoms with Gasteiger partial charge >= 0.3 is 0 Å². The Bertz CT molecular complexity index is 481. The molecule has 0 heterocycles. The molecule has 0 fully saturated rings. The van der Waals surface area contributed by atoms with Gasteiger partial charge in [0.15, 0.2) is 0 Å². The van der Waals surface area contributed by atoms with E-state index in [0.717, 1.165) is 47.2 Å². The maximum Gasteiger partial charge on any atom is 0.216 e. The van der Waals surface area contributed by atoms with Gasteiger partial charge in [0, 0.05) is 24.5 Å². The number of rotatable bonds is 8. The van der Waals surface area contributed by atoms with Crippen LogP contribution in [-0.4, -0.2) is 44.6 Å². The molecule has 0 aliphatic rings. The lowest BCUT2D eigenvalue weighted by Crippen LogP contribution is -2.27. The Labute approximate surface area is 143 Å². The summed E-state index contributed by atoms with van der Waals surface area (Å²) in [5.74, 6) is 0.880. The lowest BCUT2D eigenvalue weighted by atomic mass is 10.1. The van der Waals surface area contributed by atoms with Gasteiger partial charge in [-0.25, -0.2) is 0 Å². The molecule has 1 amide bonds. The van der Waals surface area contributed by atoms with Crippen LogP contribution in [0.15, 0.2) is 21.1 Å². The van der Waals surface area contributed by atoms with Crippen LogP contribution in [0.3, 0.4) is 0 Å². The first-order valence-electron chi connectivity index (χ1n) is 6.89. The summed E-state index contributed by atoms with van der Waals surface area (Å²) in [5.41, 5.74) is 1.23. The molecule has 0 radical (unpaired) electrons. The Kier molecular flexibility index (Phi) is 8.29. The van der Waals surface area contributed by atoms with Crippen LogP contribution in [0.1, 0.15) is 18.9 Å². The molecule has 1 aromatic rings. The molecule has 0 bridgehead atoms. The van der Waals surface area contributed by atoms with E-state index in [1.165, 1.54) is 5.56 Å². The Morgan fingerprint density at radius 1 is 1.29 bits per heavy atom. The Balaban J connectivity index is 2.42. The molecule has 0 saturated carbocycles. The Morgan fingerprint density at radius 3 is 2.62 bits per heavy atom. The second kappa shape index (κ2) is 9.43. The summed E-state index contributed by atoms with van der Waals surface area (Å²) in [7, 11) is 3.77. The third kappa shape index (κ3) is 6.80. The fourth-order valence-electron chi connectivity index (χ4n) is 1.96. The molecule has 0 spiro atoms. The van der Waals surface area contributed by atoms with Crippen molar-refractivity contribution in [2.45, 2.75) is 19.8 Å². The zero-order chi connectivity index (χ0) is 15.8. The van der Waals surface area contributed by atoms with Gasteiger partial charge in [0.05, 0.1) is 11.6 Å². The van der Waals surface area contributed by atoms with E-state index in [2.05, 4.69) is 55.2 Å². The summed E-state index contributed by atoms with van der Waals surface area (Å²) in [6, 6.07) is 4.07. The third-order valence-corrected chi connectivity index (χ3v) is 4.53. The molecular weight excluding hydrogens is 400 g/mol. The fourth-order valence-corrected chi connectivity index (χ4v) is 3.31. The lowest BCUT2D eigenvalue weighted by Gasteiger charge is -2.17. The van der Waals surface area contributed by atoms with Gasteiger partial charge in [-0.15, -0.1) is 0 Å². The number of carbonyl (C=O) groups is 1. The van der Waals surface area contributed by atoms with E-state index in [0.29, 0.717) is 0 Å². The molecule has 0 unspecified atom stereocenters. The smallest absolute Gasteiger partial charge is 0.216 e. The van der Waals surface area contributed by atoms with Crippen LogP contribution in [-0.2, 0) is 11.2 Å². The second-order valence-corrected chi connectivity index (χ2v) is 6.68. The third-order valence-electron chi connectivity index (χ3n) is 3.17. The van der Waals surface area contributed by atoms with E-state index in [-0.39, 0.29) is 5.91 Å². The molecule has 0 atom stereocenters. The van der Waals surface area contributed by atoms with Crippen LogP contribution in [0.4, 0.5) is 0 Å². The first-order valence-corrected chi connectivity index (χ1v) is 8.47. The number of benzene rings is 1. The van der Waals surface area contributed by atoms with Crippen LogP contribution >= 0.6 is 31.9 Å². The molecule has 0 saturated heterocycles. The molecule has 6 heteroatoms. The highest BCUT2D eigenvalue weighted by molar-refractivity contribution is 9.11. The number of likely N-dealkylation sites (N-methyl/N-ethyl adjacent to an activating group) is 1. The Hall–Kier alpha value is -0.590. The summed E-state index contributed by atoms with van der Waals surface area (Å²) >= 11 is 7.06. The predicted octanol–water partition coefficient (Wildman–Crippen LogP) is 3.22. The van der Waals surface area contributed by atoms with E-state index < -0.39 is 0 Å². The molecule has 0 aliphatic carbocycles. The number of carbonyl (C=O) groups excluding carboxylic acids is 1. The highest BCUT2D eigenvalue weighted by atomic mass is 79.9. The minimum absolute atomic E-state index is 0.0311. The van der Waals surface area contributed by atoms with Crippen molar-refractivity contribution in [3.8, 4) is 5.75 Å². The molecule has 1 rings (SSSR count). The quantitative estimate of drug-likeness (QED) is 0.655. The number of halogens is 2. The molecule has 4 nitrogen and oxygen atoms in total. The maximum atomic E-state index is 10.8. The molecule has 1 N–H and O–H groups in total. The number of hydrogen-bond acceptors (Lipinski definition) is 3. The van der Waals surface area contributed by atoms with Gasteiger partial charge in [-0.1, -0.05) is 15.9 Å². The number of ether oxygens (including phenoxy) is 1. The molecule has 21 heavy (non-hydrogen) atoms. The zero-order valence-corrected chi connectivity index (χ0v) is 15.9. The fraction of sp³-hybridized carbons (Fsp3) is 0.533. The van der Waals surface area contributed by atoms with Crippen LogP contribution < -0.4 is 10.1 Å². The second-order valence-electron chi connectivity index (χ2n) is 4.97.